The molecule has 1 aliphatic heterocycles. The van der Waals surface area contributed by atoms with Crippen LogP contribution in [0.25, 0.3) is 5.69 Å². The summed E-state index contributed by atoms with van der Waals surface area (Å²) in [5, 5.41) is 7.83. The number of aromatic nitrogens is 2. The molecule has 1 aromatic carbocycles. The van der Waals surface area contributed by atoms with Gasteiger partial charge in [-0.1, -0.05) is 12.1 Å². The van der Waals surface area contributed by atoms with Crippen LogP contribution in [0, 0.1) is 0 Å². The van der Waals surface area contributed by atoms with Gasteiger partial charge in [-0.25, -0.2) is 4.68 Å². The van der Waals surface area contributed by atoms with E-state index in [1.165, 1.54) is 5.69 Å². The fourth-order valence-electron chi connectivity index (χ4n) is 2.57. The number of rotatable bonds is 4. The molecule has 1 saturated heterocycles. The van der Waals surface area contributed by atoms with Gasteiger partial charge in [-0.3, -0.25) is 4.90 Å². The van der Waals surface area contributed by atoms with Crippen LogP contribution in [0.3, 0.4) is 0 Å². The lowest BCUT2D eigenvalue weighted by Crippen LogP contribution is -2.43. The molecule has 0 saturated carbocycles. The summed E-state index contributed by atoms with van der Waals surface area (Å²) < 4.78 is 7.40. The number of piperazine rings is 1. The third-order valence-electron chi connectivity index (χ3n) is 3.63. The third kappa shape index (κ3) is 2.69. The molecular formula is C15H20N4O. The van der Waals surface area contributed by atoms with Crippen molar-refractivity contribution in [2.45, 2.75) is 6.54 Å². The Kier molecular flexibility index (Phi) is 3.99. The number of methoxy groups -OCH3 is 1. The molecule has 1 N–H and O–H groups in total. The molecule has 0 atom stereocenters. The zero-order valence-electron chi connectivity index (χ0n) is 11.7. The van der Waals surface area contributed by atoms with Crippen molar-refractivity contribution in [3.05, 3.63) is 42.2 Å². The van der Waals surface area contributed by atoms with Crippen molar-refractivity contribution >= 4 is 0 Å². The van der Waals surface area contributed by atoms with Crippen LogP contribution in [0.5, 0.6) is 5.75 Å². The lowest BCUT2D eigenvalue weighted by molar-refractivity contribution is 0.229. The molecule has 0 spiro atoms. The van der Waals surface area contributed by atoms with Gasteiger partial charge >= 0.3 is 0 Å². The number of nitrogens with zero attached hydrogens (tertiary/aromatic N) is 3. The smallest absolute Gasteiger partial charge is 0.144 e. The standard InChI is InChI=1S/C15H20N4O/c1-20-15-5-3-2-4-14(15)19-13(6-7-17-19)12-18-10-8-16-9-11-18/h2-7,16H,8-12H2,1H3. The molecular weight excluding hydrogens is 252 g/mol. The summed E-state index contributed by atoms with van der Waals surface area (Å²) in [5.41, 5.74) is 2.18. The molecule has 1 aliphatic rings. The van der Waals surface area contributed by atoms with Crippen LogP contribution >= 0.6 is 0 Å². The average Bonchev–Trinajstić information content (AvgIpc) is 2.96. The summed E-state index contributed by atoms with van der Waals surface area (Å²) in [7, 11) is 1.69. The summed E-state index contributed by atoms with van der Waals surface area (Å²) in [6.45, 7) is 5.19. The van der Waals surface area contributed by atoms with Crippen LogP contribution in [0.1, 0.15) is 5.69 Å². The van der Waals surface area contributed by atoms with Gasteiger partial charge in [0.1, 0.15) is 11.4 Å². The number of ether oxygens (including phenoxy) is 1. The zero-order chi connectivity index (χ0) is 13.8. The minimum Gasteiger partial charge on any atom is -0.494 e. The van der Waals surface area contributed by atoms with Crippen LogP contribution in [0.2, 0.25) is 0 Å². The Morgan fingerprint density at radius 3 is 2.80 bits per heavy atom. The maximum Gasteiger partial charge on any atom is 0.144 e. The van der Waals surface area contributed by atoms with E-state index in [1.54, 1.807) is 7.11 Å². The monoisotopic (exact) mass is 272 g/mol. The van der Waals surface area contributed by atoms with Crippen molar-refractivity contribution in [2.75, 3.05) is 33.3 Å². The topological polar surface area (TPSA) is 42.3 Å². The second-order valence-electron chi connectivity index (χ2n) is 4.93. The molecule has 0 aliphatic carbocycles. The van der Waals surface area contributed by atoms with E-state index >= 15 is 0 Å². The molecule has 3 rings (SSSR count). The van der Waals surface area contributed by atoms with Crippen molar-refractivity contribution in [3.8, 4) is 11.4 Å². The lowest BCUT2D eigenvalue weighted by Gasteiger charge is -2.27. The number of hydrogen-bond donors (Lipinski definition) is 1. The Labute approximate surface area is 119 Å². The van der Waals surface area contributed by atoms with Gasteiger partial charge < -0.3 is 10.1 Å². The van der Waals surface area contributed by atoms with Crippen LogP contribution in [-0.2, 0) is 6.54 Å². The average molecular weight is 272 g/mol. The van der Waals surface area contributed by atoms with E-state index < -0.39 is 0 Å². The molecule has 0 bridgehead atoms. The first-order valence-corrected chi connectivity index (χ1v) is 6.98. The Morgan fingerprint density at radius 2 is 2.00 bits per heavy atom. The third-order valence-corrected chi connectivity index (χ3v) is 3.63. The van der Waals surface area contributed by atoms with E-state index in [0.29, 0.717) is 0 Å². The molecule has 2 aromatic rings. The van der Waals surface area contributed by atoms with E-state index in [9.17, 15) is 0 Å². The first-order valence-electron chi connectivity index (χ1n) is 6.98. The highest BCUT2D eigenvalue weighted by molar-refractivity contribution is 5.46. The van der Waals surface area contributed by atoms with Crippen LogP contribution in [0.15, 0.2) is 36.5 Å². The predicted molar refractivity (Wildman–Crippen MR) is 78.3 cm³/mol. The van der Waals surface area contributed by atoms with Gasteiger partial charge in [0.25, 0.3) is 0 Å². The Bertz CT molecular complexity index is 561. The summed E-state index contributed by atoms with van der Waals surface area (Å²) >= 11 is 0. The number of nitrogens with one attached hydrogen (secondary N) is 1. The van der Waals surface area contributed by atoms with Gasteiger partial charge in [0.2, 0.25) is 0 Å². The number of hydrogen-bond acceptors (Lipinski definition) is 4. The van der Waals surface area contributed by atoms with Gasteiger partial charge in [-0.15, -0.1) is 0 Å². The molecule has 20 heavy (non-hydrogen) atoms. The van der Waals surface area contributed by atoms with Crippen molar-refractivity contribution in [1.82, 2.24) is 20.0 Å². The van der Waals surface area contributed by atoms with E-state index in [1.807, 2.05) is 35.1 Å². The molecule has 1 fully saturated rings. The molecule has 106 valence electrons. The second-order valence-corrected chi connectivity index (χ2v) is 4.93. The van der Waals surface area contributed by atoms with Gasteiger partial charge in [-0.2, -0.15) is 5.10 Å². The fraction of sp³-hybridized carbons (Fsp3) is 0.400. The Hall–Kier alpha value is -1.85. The Balaban J connectivity index is 1.85. The van der Waals surface area contributed by atoms with Crippen molar-refractivity contribution in [1.29, 1.82) is 0 Å². The number of para-hydroxylation sites is 2. The van der Waals surface area contributed by atoms with E-state index in [-0.39, 0.29) is 0 Å². The van der Waals surface area contributed by atoms with E-state index in [4.69, 9.17) is 4.74 Å². The normalized spacial score (nSPS) is 16.2. The molecule has 5 nitrogen and oxygen atoms in total. The highest BCUT2D eigenvalue weighted by Gasteiger charge is 2.14. The predicted octanol–water partition coefficient (Wildman–Crippen LogP) is 1.29. The highest BCUT2D eigenvalue weighted by Crippen LogP contribution is 2.23. The van der Waals surface area contributed by atoms with E-state index in [2.05, 4.69) is 21.4 Å². The first-order chi connectivity index (χ1) is 9.88. The summed E-state index contributed by atoms with van der Waals surface area (Å²) in [4.78, 5) is 2.44. The van der Waals surface area contributed by atoms with Gasteiger partial charge in [0, 0.05) is 38.9 Å². The number of benzene rings is 1. The summed E-state index contributed by atoms with van der Waals surface area (Å²) in [6, 6.07) is 10.1. The maximum absolute atomic E-state index is 5.43. The SMILES string of the molecule is COc1ccccc1-n1nccc1CN1CCNCC1. The van der Waals surface area contributed by atoms with Gasteiger partial charge in [-0.05, 0) is 18.2 Å². The first kappa shape index (κ1) is 13.1. The van der Waals surface area contributed by atoms with Crippen LogP contribution in [-0.4, -0.2) is 48.0 Å². The molecule has 0 radical (unpaired) electrons. The molecule has 0 unspecified atom stereocenters. The van der Waals surface area contributed by atoms with Gasteiger partial charge in [0.15, 0.2) is 0 Å². The quantitative estimate of drug-likeness (QED) is 0.910. The second kappa shape index (κ2) is 6.07. The maximum atomic E-state index is 5.43. The zero-order valence-corrected chi connectivity index (χ0v) is 11.7. The van der Waals surface area contributed by atoms with Crippen molar-refractivity contribution in [3.63, 3.8) is 0 Å². The minimum atomic E-state index is 0.845. The molecule has 5 heteroatoms. The van der Waals surface area contributed by atoms with Crippen molar-refractivity contribution < 1.29 is 4.74 Å². The minimum absolute atomic E-state index is 0.845. The van der Waals surface area contributed by atoms with E-state index in [0.717, 1.165) is 44.2 Å². The molecule has 2 heterocycles. The van der Waals surface area contributed by atoms with Crippen LogP contribution < -0.4 is 10.1 Å². The summed E-state index contributed by atoms with van der Waals surface area (Å²) in [6.07, 6.45) is 1.85. The fourth-order valence-corrected chi connectivity index (χ4v) is 2.57. The molecule has 1 aromatic heterocycles. The van der Waals surface area contributed by atoms with Gasteiger partial charge in [0.05, 0.1) is 12.8 Å². The lowest BCUT2D eigenvalue weighted by atomic mass is 10.2. The molecule has 0 amide bonds. The Morgan fingerprint density at radius 1 is 1.20 bits per heavy atom. The van der Waals surface area contributed by atoms with Crippen molar-refractivity contribution in [2.24, 2.45) is 0 Å². The summed E-state index contributed by atoms with van der Waals surface area (Å²) in [5.74, 6) is 0.845. The highest BCUT2D eigenvalue weighted by atomic mass is 16.5. The van der Waals surface area contributed by atoms with Crippen LogP contribution in [0.4, 0.5) is 0 Å². The largest absolute Gasteiger partial charge is 0.494 e.